The second kappa shape index (κ2) is 8.27. The van der Waals surface area contributed by atoms with Gasteiger partial charge in [0, 0.05) is 31.1 Å². The van der Waals surface area contributed by atoms with E-state index in [4.69, 9.17) is 5.73 Å². The summed E-state index contributed by atoms with van der Waals surface area (Å²) in [5, 5.41) is 0.745. The van der Waals surface area contributed by atoms with Gasteiger partial charge in [-0.3, -0.25) is 9.78 Å². The fraction of sp³-hybridized carbons (Fsp3) is 0.333. The number of fused-ring (bicyclic) bond motifs is 1. The number of likely N-dealkylation sites (N-methyl/N-ethyl adjacent to an activating group) is 1. The standard InChI is InChI=1S/C15H18FN3O.2ClH/c1-9(8-17)19(3)15(20)13-6-11-4-5-12(16)7-14(11)18-10(13)2;;/h4-7,9H,8,17H2,1-3H3;2*1H. The second-order valence-corrected chi connectivity index (χ2v) is 4.96. The zero-order valence-corrected chi connectivity index (χ0v) is 14.3. The first kappa shape index (κ1) is 20.6. The van der Waals surface area contributed by atoms with Gasteiger partial charge in [-0.1, -0.05) is 0 Å². The first-order valence-electron chi connectivity index (χ1n) is 6.48. The number of nitrogens with zero attached hydrogens (tertiary/aromatic N) is 2. The summed E-state index contributed by atoms with van der Waals surface area (Å²) in [6.07, 6.45) is 0. The van der Waals surface area contributed by atoms with Gasteiger partial charge in [-0.2, -0.15) is 0 Å². The highest BCUT2D eigenvalue weighted by Gasteiger charge is 2.19. The fourth-order valence-corrected chi connectivity index (χ4v) is 2.00. The van der Waals surface area contributed by atoms with Crippen molar-refractivity contribution in [2.24, 2.45) is 5.73 Å². The van der Waals surface area contributed by atoms with Crippen molar-refractivity contribution in [3.63, 3.8) is 0 Å². The minimum absolute atomic E-state index is 0. The molecular formula is C15H20Cl2FN3O. The molecule has 0 radical (unpaired) electrons. The van der Waals surface area contributed by atoms with Crippen LogP contribution in [-0.2, 0) is 0 Å². The smallest absolute Gasteiger partial charge is 0.255 e. The highest BCUT2D eigenvalue weighted by molar-refractivity contribution is 5.98. The van der Waals surface area contributed by atoms with Gasteiger partial charge in [0.15, 0.2) is 0 Å². The van der Waals surface area contributed by atoms with E-state index < -0.39 is 0 Å². The summed E-state index contributed by atoms with van der Waals surface area (Å²) < 4.78 is 13.2. The Morgan fingerprint density at radius 3 is 2.59 bits per heavy atom. The van der Waals surface area contributed by atoms with Crippen molar-refractivity contribution in [2.75, 3.05) is 13.6 Å². The third-order valence-electron chi connectivity index (χ3n) is 3.52. The molecule has 0 aliphatic rings. The third kappa shape index (κ3) is 4.06. The number of pyridine rings is 1. The molecule has 122 valence electrons. The van der Waals surface area contributed by atoms with Crippen LogP contribution in [0.25, 0.3) is 10.9 Å². The second-order valence-electron chi connectivity index (χ2n) is 4.96. The van der Waals surface area contributed by atoms with Crippen LogP contribution in [0.15, 0.2) is 24.3 Å². The number of rotatable bonds is 3. The number of nitrogens with two attached hydrogens (primary N) is 1. The lowest BCUT2D eigenvalue weighted by Crippen LogP contribution is -2.40. The number of hydrogen-bond donors (Lipinski definition) is 1. The number of hydrogen-bond acceptors (Lipinski definition) is 3. The van der Waals surface area contributed by atoms with Gasteiger partial charge in [0.25, 0.3) is 5.91 Å². The van der Waals surface area contributed by atoms with Crippen LogP contribution in [0.1, 0.15) is 23.0 Å². The SMILES string of the molecule is Cc1nc2cc(F)ccc2cc1C(=O)N(C)C(C)CN.Cl.Cl. The maximum atomic E-state index is 13.2. The van der Waals surface area contributed by atoms with E-state index in [9.17, 15) is 9.18 Å². The molecule has 22 heavy (non-hydrogen) atoms. The lowest BCUT2D eigenvalue weighted by Gasteiger charge is -2.24. The van der Waals surface area contributed by atoms with Crippen LogP contribution in [0.3, 0.4) is 0 Å². The molecule has 2 rings (SSSR count). The predicted octanol–water partition coefficient (Wildman–Crippen LogP) is 2.95. The molecule has 1 aromatic carbocycles. The van der Waals surface area contributed by atoms with Gasteiger partial charge in [0.2, 0.25) is 0 Å². The van der Waals surface area contributed by atoms with E-state index in [1.807, 2.05) is 6.92 Å². The van der Waals surface area contributed by atoms with Gasteiger partial charge >= 0.3 is 0 Å². The molecule has 2 aromatic rings. The number of carbonyl (C=O) groups excluding carboxylic acids is 1. The van der Waals surface area contributed by atoms with Crippen molar-refractivity contribution in [1.82, 2.24) is 9.88 Å². The molecular weight excluding hydrogens is 328 g/mol. The summed E-state index contributed by atoms with van der Waals surface area (Å²) in [4.78, 5) is 18.3. The van der Waals surface area contributed by atoms with Crippen LogP contribution >= 0.6 is 24.8 Å². The quantitative estimate of drug-likeness (QED) is 0.928. The highest BCUT2D eigenvalue weighted by atomic mass is 35.5. The zero-order valence-electron chi connectivity index (χ0n) is 12.7. The van der Waals surface area contributed by atoms with Crippen molar-refractivity contribution in [2.45, 2.75) is 19.9 Å². The number of halogens is 3. The monoisotopic (exact) mass is 347 g/mol. The first-order chi connectivity index (χ1) is 9.43. The Hall–Kier alpha value is -1.43. The summed E-state index contributed by atoms with van der Waals surface area (Å²) in [5.74, 6) is -0.462. The maximum absolute atomic E-state index is 13.2. The summed E-state index contributed by atoms with van der Waals surface area (Å²) in [6, 6.07) is 6.05. The van der Waals surface area contributed by atoms with E-state index >= 15 is 0 Å². The Bertz CT molecular complexity index is 667. The maximum Gasteiger partial charge on any atom is 0.255 e. The van der Waals surface area contributed by atoms with E-state index in [0.29, 0.717) is 23.3 Å². The molecule has 1 aromatic heterocycles. The topological polar surface area (TPSA) is 59.2 Å². The van der Waals surface area contributed by atoms with Gasteiger partial charge in [0.1, 0.15) is 5.82 Å². The van der Waals surface area contributed by atoms with Gasteiger partial charge in [-0.05, 0) is 32.0 Å². The van der Waals surface area contributed by atoms with E-state index in [2.05, 4.69) is 4.98 Å². The van der Waals surface area contributed by atoms with Crippen LogP contribution < -0.4 is 5.73 Å². The van der Waals surface area contributed by atoms with Crippen molar-refractivity contribution in [1.29, 1.82) is 0 Å². The summed E-state index contributed by atoms with van der Waals surface area (Å²) in [7, 11) is 1.72. The predicted molar refractivity (Wildman–Crippen MR) is 91.5 cm³/mol. The Kier molecular flexibility index (Phi) is 7.73. The number of amides is 1. The number of aryl methyl sites for hydroxylation is 1. The van der Waals surface area contributed by atoms with Crippen LogP contribution in [0.5, 0.6) is 0 Å². The Labute approximate surface area is 141 Å². The van der Waals surface area contributed by atoms with Crippen molar-refractivity contribution in [3.8, 4) is 0 Å². The third-order valence-corrected chi connectivity index (χ3v) is 3.52. The van der Waals surface area contributed by atoms with Crippen LogP contribution in [-0.4, -0.2) is 35.4 Å². The normalized spacial score (nSPS) is 11.3. The van der Waals surface area contributed by atoms with E-state index in [-0.39, 0.29) is 42.6 Å². The lowest BCUT2D eigenvalue weighted by molar-refractivity contribution is 0.0747. The molecule has 1 heterocycles. The molecule has 1 unspecified atom stereocenters. The molecule has 0 spiro atoms. The molecule has 0 saturated heterocycles. The largest absolute Gasteiger partial charge is 0.338 e. The first-order valence-corrected chi connectivity index (χ1v) is 6.48. The van der Waals surface area contributed by atoms with Gasteiger partial charge in [0.05, 0.1) is 16.8 Å². The molecule has 0 fully saturated rings. The molecule has 0 aliphatic heterocycles. The Morgan fingerprint density at radius 1 is 1.36 bits per heavy atom. The Morgan fingerprint density at radius 2 is 2.00 bits per heavy atom. The van der Waals surface area contributed by atoms with Gasteiger partial charge in [-0.25, -0.2) is 4.39 Å². The van der Waals surface area contributed by atoms with E-state index in [1.165, 1.54) is 12.1 Å². The van der Waals surface area contributed by atoms with Gasteiger partial charge in [-0.15, -0.1) is 24.8 Å². The fourth-order valence-electron chi connectivity index (χ4n) is 2.00. The van der Waals surface area contributed by atoms with Crippen LogP contribution in [0.2, 0.25) is 0 Å². The summed E-state index contributed by atoms with van der Waals surface area (Å²) in [6.45, 7) is 4.03. The molecule has 4 nitrogen and oxygen atoms in total. The molecule has 0 bridgehead atoms. The van der Waals surface area contributed by atoms with E-state index in [1.54, 1.807) is 31.0 Å². The lowest BCUT2D eigenvalue weighted by atomic mass is 10.1. The average Bonchev–Trinajstić information content (AvgIpc) is 2.44. The molecule has 1 atom stereocenters. The molecule has 0 saturated carbocycles. The number of aromatic nitrogens is 1. The van der Waals surface area contributed by atoms with Crippen molar-refractivity contribution >= 4 is 41.6 Å². The number of benzene rings is 1. The highest BCUT2D eigenvalue weighted by Crippen LogP contribution is 2.19. The zero-order chi connectivity index (χ0) is 14.9. The van der Waals surface area contributed by atoms with Crippen LogP contribution in [0, 0.1) is 12.7 Å². The number of carbonyl (C=O) groups is 1. The van der Waals surface area contributed by atoms with E-state index in [0.717, 1.165) is 5.39 Å². The molecule has 1 amide bonds. The summed E-state index contributed by atoms with van der Waals surface area (Å²) >= 11 is 0. The van der Waals surface area contributed by atoms with Gasteiger partial charge < -0.3 is 10.6 Å². The summed E-state index contributed by atoms with van der Waals surface area (Å²) in [5.41, 5.74) is 7.24. The minimum atomic E-state index is -0.336. The minimum Gasteiger partial charge on any atom is -0.338 e. The molecule has 0 aliphatic carbocycles. The van der Waals surface area contributed by atoms with Crippen LogP contribution in [0.4, 0.5) is 4.39 Å². The molecule has 2 N–H and O–H groups in total. The van der Waals surface area contributed by atoms with Crippen molar-refractivity contribution in [3.05, 3.63) is 41.3 Å². The average molecular weight is 348 g/mol. The molecule has 7 heteroatoms. The van der Waals surface area contributed by atoms with Crippen molar-refractivity contribution < 1.29 is 9.18 Å². The Balaban J connectivity index is 0.00000220.